The van der Waals surface area contributed by atoms with Crippen molar-refractivity contribution in [1.82, 2.24) is 5.32 Å². The van der Waals surface area contributed by atoms with E-state index in [9.17, 15) is 15.0 Å². The molecule has 3 aromatic carbocycles. The van der Waals surface area contributed by atoms with Crippen LogP contribution in [0.3, 0.4) is 0 Å². The SMILES string of the molecule is CCOc1cccc(C(O)C(O)CCNC(=O)OCC2c3ccccc3-c3ccccc32)c1. The Balaban J connectivity index is 1.27. The van der Waals surface area contributed by atoms with Crippen molar-refractivity contribution in [1.29, 1.82) is 0 Å². The molecule has 3 aromatic rings. The molecule has 1 amide bonds. The summed E-state index contributed by atoms with van der Waals surface area (Å²) in [6.07, 6.45) is -2.47. The lowest BCUT2D eigenvalue weighted by Gasteiger charge is -2.19. The molecule has 0 heterocycles. The lowest BCUT2D eigenvalue weighted by Crippen LogP contribution is -2.30. The summed E-state index contributed by atoms with van der Waals surface area (Å²) in [4.78, 5) is 12.3. The molecule has 33 heavy (non-hydrogen) atoms. The number of carbonyl (C=O) groups excluding carboxylic acids is 1. The van der Waals surface area contributed by atoms with Crippen molar-refractivity contribution in [3.63, 3.8) is 0 Å². The van der Waals surface area contributed by atoms with Crippen LogP contribution in [-0.2, 0) is 4.74 Å². The van der Waals surface area contributed by atoms with Crippen molar-refractivity contribution in [2.45, 2.75) is 31.5 Å². The minimum absolute atomic E-state index is 0.00632. The van der Waals surface area contributed by atoms with Gasteiger partial charge >= 0.3 is 6.09 Å². The maximum atomic E-state index is 12.3. The first-order valence-electron chi connectivity index (χ1n) is 11.3. The molecule has 3 N–H and O–H groups in total. The number of aliphatic hydroxyl groups excluding tert-OH is 2. The maximum absolute atomic E-state index is 12.3. The zero-order valence-corrected chi connectivity index (χ0v) is 18.6. The zero-order valence-electron chi connectivity index (χ0n) is 18.6. The summed E-state index contributed by atoms with van der Waals surface area (Å²) in [5, 5.41) is 23.4. The Bertz CT molecular complexity index is 1050. The van der Waals surface area contributed by atoms with Crippen molar-refractivity contribution in [2.75, 3.05) is 19.8 Å². The van der Waals surface area contributed by atoms with E-state index in [4.69, 9.17) is 9.47 Å². The quantitative estimate of drug-likeness (QED) is 0.452. The molecule has 0 aliphatic heterocycles. The van der Waals surface area contributed by atoms with Crippen molar-refractivity contribution in [3.8, 4) is 16.9 Å². The van der Waals surface area contributed by atoms with E-state index in [0.717, 1.165) is 11.1 Å². The number of hydrogen-bond donors (Lipinski definition) is 3. The zero-order chi connectivity index (χ0) is 23.2. The second-order valence-electron chi connectivity index (χ2n) is 8.06. The van der Waals surface area contributed by atoms with Crippen LogP contribution in [0.4, 0.5) is 4.79 Å². The monoisotopic (exact) mass is 447 g/mol. The van der Waals surface area contributed by atoms with E-state index < -0.39 is 18.3 Å². The summed E-state index contributed by atoms with van der Waals surface area (Å²) in [5.41, 5.74) is 5.22. The Morgan fingerprint density at radius 3 is 2.30 bits per heavy atom. The van der Waals surface area contributed by atoms with Crippen molar-refractivity contribution in [2.24, 2.45) is 0 Å². The Morgan fingerprint density at radius 2 is 1.64 bits per heavy atom. The summed E-state index contributed by atoms with van der Waals surface area (Å²) in [5.74, 6) is 0.631. The fourth-order valence-electron chi connectivity index (χ4n) is 4.31. The topological polar surface area (TPSA) is 88.0 Å². The number of alkyl carbamates (subject to hydrolysis) is 1. The third-order valence-corrected chi connectivity index (χ3v) is 5.93. The van der Waals surface area contributed by atoms with Gasteiger partial charge in [-0.3, -0.25) is 0 Å². The fourth-order valence-corrected chi connectivity index (χ4v) is 4.31. The average molecular weight is 448 g/mol. The predicted molar refractivity (Wildman–Crippen MR) is 126 cm³/mol. The molecule has 4 rings (SSSR count). The molecule has 0 saturated carbocycles. The Morgan fingerprint density at radius 1 is 0.970 bits per heavy atom. The highest BCUT2D eigenvalue weighted by atomic mass is 16.5. The summed E-state index contributed by atoms with van der Waals surface area (Å²) >= 11 is 0. The lowest BCUT2D eigenvalue weighted by molar-refractivity contribution is 0.0135. The van der Waals surface area contributed by atoms with E-state index in [1.165, 1.54) is 11.1 Å². The molecule has 6 nitrogen and oxygen atoms in total. The van der Waals surface area contributed by atoms with Crippen LogP contribution in [0.5, 0.6) is 5.75 Å². The van der Waals surface area contributed by atoms with E-state index in [1.54, 1.807) is 24.3 Å². The highest BCUT2D eigenvalue weighted by Gasteiger charge is 2.29. The van der Waals surface area contributed by atoms with Crippen LogP contribution in [0, 0.1) is 0 Å². The van der Waals surface area contributed by atoms with Gasteiger partial charge in [0.25, 0.3) is 0 Å². The van der Waals surface area contributed by atoms with Crippen molar-refractivity contribution >= 4 is 6.09 Å². The number of aliphatic hydroxyl groups is 2. The normalized spacial score (nSPS) is 14.2. The van der Waals surface area contributed by atoms with Gasteiger partial charge in [0.2, 0.25) is 0 Å². The number of benzene rings is 3. The molecular formula is C27H29NO5. The van der Waals surface area contributed by atoms with Gasteiger partial charge in [-0.1, -0.05) is 60.7 Å². The molecule has 0 bridgehead atoms. The first-order valence-corrected chi connectivity index (χ1v) is 11.3. The number of hydrogen-bond acceptors (Lipinski definition) is 5. The van der Waals surface area contributed by atoms with Crippen LogP contribution >= 0.6 is 0 Å². The maximum Gasteiger partial charge on any atom is 0.407 e. The van der Waals surface area contributed by atoms with Crippen molar-refractivity contribution < 1.29 is 24.5 Å². The number of rotatable bonds is 9. The van der Waals surface area contributed by atoms with Gasteiger partial charge in [-0.05, 0) is 53.3 Å². The summed E-state index contributed by atoms with van der Waals surface area (Å²) in [6, 6.07) is 23.3. The van der Waals surface area contributed by atoms with Crippen LogP contribution in [-0.4, -0.2) is 42.2 Å². The molecule has 172 valence electrons. The molecule has 2 unspecified atom stereocenters. The summed E-state index contributed by atoms with van der Waals surface area (Å²) in [7, 11) is 0. The predicted octanol–water partition coefficient (Wildman–Crippen LogP) is 4.41. The summed E-state index contributed by atoms with van der Waals surface area (Å²) < 4.78 is 10.9. The minimum atomic E-state index is -1.07. The van der Waals surface area contributed by atoms with Gasteiger partial charge in [-0.2, -0.15) is 0 Å². The molecule has 1 aliphatic rings. The van der Waals surface area contributed by atoms with Gasteiger partial charge in [0.05, 0.1) is 12.7 Å². The number of nitrogens with one attached hydrogen (secondary N) is 1. The molecule has 1 aliphatic carbocycles. The lowest BCUT2D eigenvalue weighted by atomic mass is 9.98. The van der Waals surface area contributed by atoms with E-state index >= 15 is 0 Å². The second-order valence-corrected chi connectivity index (χ2v) is 8.06. The van der Waals surface area contributed by atoms with E-state index in [2.05, 4.69) is 29.6 Å². The smallest absolute Gasteiger partial charge is 0.407 e. The third kappa shape index (κ3) is 5.18. The van der Waals surface area contributed by atoms with Crippen LogP contribution in [0.25, 0.3) is 11.1 Å². The average Bonchev–Trinajstić information content (AvgIpc) is 3.16. The highest BCUT2D eigenvalue weighted by Crippen LogP contribution is 2.44. The standard InChI is InChI=1S/C27H29NO5/c1-2-32-19-9-7-8-18(16-19)26(30)25(29)14-15-28-27(31)33-17-24-22-12-5-3-10-20(22)21-11-4-6-13-23(21)24/h3-13,16,24-26,29-30H,2,14-15,17H2,1H3,(H,28,31). The molecule has 6 heteroatoms. The number of ether oxygens (including phenoxy) is 2. The Labute approximate surface area is 193 Å². The Hall–Kier alpha value is -3.35. The Kier molecular flexibility index (Phi) is 7.27. The minimum Gasteiger partial charge on any atom is -0.494 e. The first-order chi connectivity index (χ1) is 16.1. The van der Waals surface area contributed by atoms with E-state index in [1.807, 2.05) is 31.2 Å². The van der Waals surface area contributed by atoms with Crippen LogP contribution in [0.15, 0.2) is 72.8 Å². The number of fused-ring (bicyclic) bond motifs is 3. The number of amides is 1. The molecule has 0 spiro atoms. The van der Waals surface area contributed by atoms with E-state index in [0.29, 0.717) is 17.9 Å². The molecular weight excluding hydrogens is 418 g/mol. The van der Waals surface area contributed by atoms with Gasteiger partial charge in [0.1, 0.15) is 18.5 Å². The first kappa shape index (κ1) is 22.8. The third-order valence-electron chi connectivity index (χ3n) is 5.93. The van der Waals surface area contributed by atoms with Gasteiger partial charge in [-0.25, -0.2) is 4.79 Å². The highest BCUT2D eigenvalue weighted by molar-refractivity contribution is 5.79. The molecule has 0 radical (unpaired) electrons. The second kappa shape index (κ2) is 10.5. The molecule has 0 fully saturated rings. The van der Waals surface area contributed by atoms with Crippen LogP contribution < -0.4 is 10.1 Å². The molecule has 0 aromatic heterocycles. The molecule has 2 atom stereocenters. The number of carbonyl (C=O) groups is 1. The molecule has 0 saturated heterocycles. The van der Waals surface area contributed by atoms with Gasteiger partial charge in [-0.15, -0.1) is 0 Å². The van der Waals surface area contributed by atoms with E-state index in [-0.39, 0.29) is 25.5 Å². The van der Waals surface area contributed by atoms with Crippen LogP contribution in [0.2, 0.25) is 0 Å². The fraction of sp³-hybridized carbons (Fsp3) is 0.296. The largest absolute Gasteiger partial charge is 0.494 e. The van der Waals surface area contributed by atoms with Crippen LogP contribution in [0.1, 0.15) is 42.1 Å². The van der Waals surface area contributed by atoms with Gasteiger partial charge in [0, 0.05) is 12.5 Å². The summed E-state index contributed by atoms with van der Waals surface area (Å²) in [6.45, 7) is 2.81. The van der Waals surface area contributed by atoms with Gasteiger partial charge < -0.3 is 25.0 Å². The van der Waals surface area contributed by atoms with Crippen molar-refractivity contribution in [3.05, 3.63) is 89.5 Å². The van der Waals surface area contributed by atoms with Gasteiger partial charge in [0.15, 0.2) is 0 Å².